The van der Waals surface area contributed by atoms with E-state index in [0.29, 0.717) is 22.1 Å². The van der Waals surface area contributed by atoms with Crippen LogP contribution in [0.3, 0.4) is 0 Å². The van der Waals surface area contributed by atoms with Crippen LogP contribution in [0, 0.1) is 0 Å². The molecule has 0 saturated carbocycles. The third-order valence-electron chi connectivity index (χ3n) is 1.92. The minimum absolute atomic E-state index is 0.189. The normalized spacial score (nSPS) is 13.4. The van der Waals surface area contributed by atoms with Gasteiger partial charge in [0.2, 0.25) is 12.7 Å². The summed E-state index contributed by atoms with van der Waals surface area (Å²) in [5.41, 5.74) is 5.64. The fraction of sp³-hybridized carbons (Fsp3) is 0.100. The van der Waals surface area contributed by atoms with Crippen LogP contribution in [-0.2, 0) is 4.79 Å². The first kappa shape index (κ1) is 9.86. The molecule has 0 fully saturated rings. The molecule has 1 heterocycles. The van der Waals surface area contributed by atoms with Gasteiger partial charge in [-0.15, -0.1) is 0 Å². The van der Waals surface area contributed by atoms with E-state index in [1.807, 2.05) is 0 Å². The number of hydrogen-bond acceptors (Lipinski definition) is 3. The van der Waals surface area contributed by atoms with Crippen LogP contribution in [0.15, 0.2) is 18.2 Å². The molecule has 5 heteroatoms. The molecule has 0 bridgehead atoms. The first-order valence-electron chi connectivity index (χ1n) is 4.23. The van der Waals surface area contributed by atoms with Gasteiger partial charge in [-0.2, -0.15) is 0 Å². The summed E-state index contributed by atoms with van der Waals surface area (Å²) in [4.78, 5) is 10.6. The summed E-state index contributed by atoms with van der Waals surface area (Å²) in [6.45, 7) is 0.189. The SMILES string of the molecule is NC(=O)/C=C/c1cc2c(cc1Cl)OCO2. The number of halogens is 1. The highest BCUT2D eigenvalue weighted by atomic mass is 35.5. The summed E-state index contributed by atoms with van der Waals surface area (Å²) in [6.07, 6.45) is 2.77. The molecule has 0 radical (unpaired) electrons. The second kappa shape index (κ2) is 3.82. The van der Waals surface area contributed by atoms with Crippen molar-refractivity contribution >= 4 is 23.6 Å². The highest BCUT2D eigenvalue weighted by Gasteiger charge is 2.15. The zero-order chi connectivity index (χ0) is 10.8. The van der Waals surface area contributed by atoms with Crippen molar-refractivity contribution in [2.75, 3.05) is 6.79 Å². The van der Waals surface area contributed by atoms with Gasteiger partial charge in [-0.3, -0.25) is 4.79 Å². The number of fused-ring (bicyclic) bond motifs is 1. The molecule has 1 aliphatic rings. The molecule has 2 rings (SSSR count). The summed E-state index contributed by atoms with van der Waals surface area (Å²) in [5, 5.41) is 0.483. The van der Waals surface area contributed by atoms with Crippen molar-refractivity contribution in [1.29, 1.82) is 0 Å². The average Bonchev–Trinajstić information content (AvgIpc) is 2.60. The molecule has 15 heavy (non-hydrogen) atoms. The van der Waals surface area contributed by atoms with Crippen LogP contribution in [0.4, 0.5) is 0 Å². The summed E-state index contributed by atoms with van der Waals surface area (Å²) < 4.78 is 10.3. The third kappa shape index (κ3) is 2.05. The van der Waals surface area contributed by atoms with E-state index < -0.39 is 5.91 Å². The van der Waals surface area contributed by atoms with Crippen molar-refractivity contribution in [3.63, 3.8) is 0 Å². The van der Waals surface area contributed by atoms with Gasteiger partial charge in [0, 0.05) is 12.1 Å². The topological polar surface area (TPSA) is 61.6 Å². The van der Waals surface area contributed by atoms with Gasteiger partial charge in [0.15, 0.2) is 11.5 Å². The number of nitrogens with two attached hydrogens (primary N) is 1. The molecule has 0 saturated heterocycles. The Morgan fingerprint density at radius 3 is 2.73 bits per heavy atom. The summed E-state index contributed by atoms with van der Waals surface area (Å²) in [5.74, 6) is 0.698. The predicted octanol–water partition coefficient (Wildman–Crippen LogP) is 1.57. The number of rotatable bonds is 2. The molecule has 1 amide bonds. The Bertz CT molecular complexity index is 443. The quantitative estimate of drug-likeness (QED) is 0.777. The number of carbonyl (C=O) groups is 1. The van der Waals surface area contributed by atoms with Crippen LogP contribution in [0.25, 0.3) is 6.08 Å². The van der Waals surface area contributed by atoms with Gasteiger partial charge in [-0.05, 0) is 17.7 Å². The lowest BCUT2D eigenvalue weighted by molar-refractivity contribution is -0.113. The number of ether oxygens (including phenoxy) is 2. The molecule has 0 unspecified atom stereocenters. The van der Waals surface area contributed by atoms with Crippen molar-refractivity contribution in [1.82, 2.24) is 0 Å². The number of carbonyl (C=O) groups excluding carboxylic acids is 1. The molecule has 1 aromatic carbocycles. The van der Waals surface area contributed by atoms with Crippen LogP contribution >= 0.6 is 11.6 Å². The van der Waals surface area contributed by atoms with Gasteiger partial charge >= 0.3 is 0 Å². The number of benzene rings is 1. The highest BCUT2D eigenvalue weighted by Crippen LogP contribution is 2.37. The van der Waals surface area contributed by atoms with Gasteiger partial charge < -0.3 is 15.2 Å². The Morgan fingerprint density at radius 2 is 2.07 bits per heavy atom. The van der Waals surface area contributed by atoms with E-state index in [1.54, 1.807) is 12.1 Å². The van der Waals surface area contributed by atoms with Crippen LogP contribution in [-0.4, -0.2) is 12.7 Å². The molecule has 0 atom stereocenters. The van der Waals surface area contributed by atoms with Gasteiger partial charge in [0.25, 0.3) is 0 Å². The lowest BCUT2D eigenvalue weighted by Crippen LogP contribution is -2.05. The van der Waals surface area contributed by atoms with Gasteiger partial charge in [-0.25, -0.2) is 0 Å². The molecule has 0 aliphatic carbocycles. The van der Waals surface area contributed by atoms with E-state index in [1.165, 1.54) is 12.2 Å². The van der Waals surface area contributed by atoms with Crippen molar-refractivity contribution in [2.24, 2.45) is 5.73 Å². The van der Waals surface area contributed by atoms with Gasteiger partial charge in [0.05, 0.1) is 5.02 Å². The van der Waals surface area contributed by atoms with Crippen molar-refractivity contribution in [3.8, 4) is 11.5 Å². The maximum absolute atomic E-state index is 10.6. The number of hydrogen-bond donors (Lipinski definition) is 1. The number of amides is 1. The first-order chi connectivity index (χ1) is 7.16. The van der Waals surface area contributed by atoms with Gasteiger partial charge in [-0.1, -0.05) is 11.6 Å². The summed E-state index contributed by atoms with van der Waals surface area (Å²) in [7, 11) is 0. The highest BCUT2D eigenvalue weighted by molar-refractivity contribution is 6.32. The monoisotopic (exact) mass is 225 g/mol. The molecule has 1 aliphatic heterocycles. The minimum Gasteiger partial charge on any atom is -0.454 e. The van der Waals surface area contributed by atoms with Crippen LogP contribution in [0.5, 0.6) is 11.5 Å². The van der Waals surface area contributed by atoms with E-state index in [9.17, 15) is 4.79 Å². The molecule has 0 aromatic heterocycles. The van der Waals surface area contributed by atoms with E-state index in [0.717, 1.165) is 0 Å². The first-order valence-corrected chi connectivity index (χ1v) is 4.61. The lowest BCUT2D eigenvalue weighted by Gasteiger charge is -2.00. The molecular formula is C10H8ClNO3. The summed E-state index contributed by atoms with van der Waals surface area (Å²) in [6, 6.07) is 3.34. The van der Waals surface area contributed by atoms with E-state index >= 15 is 0 Å². The minimum atomic E-state index is -0.524. The molecule has 0 spiro atoms. The maximum Gasteiger partial charge on any atom is 0.241 e. The van der Waals surface area contributed by atoms with Crippen molar-refractivity contribution in [2.45, 2.75) is 0 Å². The molecule has 78 valence electrons. The molecule has 4 nitrogen and oxygen atoms in total. The van der Waals surface area contributed by atoms with Crippen LogP contribution in [0.1, 0.15) is 5.56 Å². The Balaban J connectivity index is 2.36. The average molecular weight is 226 g/mol. The van der Waals surface area contributed by atoms with E-state index in [-0.39, 0.29) is 6.79 Å². The van der Waals surface area contributed by atoms with Gasteiger partial charge in [0.1, 0.15) is 0 Å². The van der Waals surface area contributed by atoms with Crippen LogP contribution < -0.4 is 15.2 Å². The fourth-order valence-electron chi connectivity index (χ4n) is 1.23. The second-order valence-electron chi connectivity index (χ2n) is 2.96. The van der Waals surface area contributed by atoms with Crippen molar-refractivity contribution < 1.29 is 14.3 Å². The smallest absolute Gasteiger partial charge is 0.241 e. The Morgan fingerprint density at radius 1 is 1.40 bits per heavy atom. The molecular weight excluding hydrogens is 218 g/mol. The predicted molar refractivity (Wildman–Crippen MR) is 55.8 cm³/mol. The third-order valence-corrected chi connectivity index (χ3v) is 2.25. The van der Waals surface area contributed by atoms with Crippen molar-refractivity contribution in [3.05, 3.63) is 28.8 Å². The van der Waals surface area contributed by atoms with E-state index in [4.69, 9.17) is 26.8 Å². The van der Waals surface area contributed by atoms with Crippen LogP contribution in [0.2, 0.25) is 5.02 Å². The largest absolute Gasteiger partial charge is 0.454 e. The Hall–Kier alpha value is -1.68. The second-order valence-corrected chi connectivity index (χ2v) is 3.37. The maximum atomic E-state index is 10.6. The Kier molecular flexibility index (Phi) is 2.51. The zero-order valence-corrected chi connectivity index (χ0v) is 8.45. The standard InChI is InChI=1S/C10H8ClNO3/c11-7-4-9-8(14-5-15-9)3-6(7)1-2-10(12)13/h1-4H,5H2,(H2,12,13)/b2-1+. The number of primary amides is 1. The fourth-order valence-corrected chi connectivity index (χ4v) is 1.45. The molecule has 1 aromatic rings. The molecule has 2 N–H and O–H groups in total. The van der Waals surface area contributed by atoms with E-state index in [2.05, 4.69) is 0 Å². The zero-order valence-electron chi connectivity index (χ0n) is 7.70. The Labute approximate surface area is 91.2 Å². The summed E-state index contributed by atoms with van der Waals surface area (Å²) >= 11 is 5.95. The lowest BCUT2D eigenvalue weighted by atomic mass is 10.2.